The van der Waals surface area contributed by atoms with Crippen LogP contribution in [0.4, 0.5) is 5.69 Å². The highest BCUT2D eigenvalue weighted by Crippen LogP contribution is 2.48. The molecule has 1 saturated heterocycles. The Morgan fingerprint density at radius 2 is 1.51 bits per heavy atom. The second kappa shape index (κ2) is 14.2. The van der Waals surface area contributed by atoms with E-state index in [1.54, 1.807) is 0 Å². The number of ether oxygens (including phenoxy) is 2. The lowest BCUT2D eigenvalue weighted by Gasteiger charge is -2.39. The molecule has 0 atom stereocenters. The first-order valence-electron chi connectivity index (χ1n) is 19.3. The van der Waals surface area contributed by atoms with E-state index in [2.05, 4.69) is 33.7 Å². The minimum Gasteiger partial charge on any atom is -0.494 e. The molecule has 0 bridgehead atoms. The number of anilines is 1. The number of hydrogen-bond acceptors (Lipinski definition) is 7. The molecule has 6 aliphatic rings. The minimum absolute atomic E-state index is 0.0916. The third kappa shape index (κ3) is 6.08. The molecule has 0 unspecified atom stereocenters. The van der Waals surface area contributed by atoms with Crippen LogP contribution >= 0.6 is 0 Å². The maximum absolute atomic E-state index is 12.1. The van der Waals surface area contributed by atoms with E-state index in [-0.39, 0.29) is 19.3 Å². The van der Waals surface area contributed by atoms with E-state index in [1.165, 1.54) is 62.5 Å². The first kappa shape index (κ1) is 33.5. The molecule has 9 heteroatoms. The number of carbonyl (C=O) groups is 3. The van der Waals surface area contributed by atoms with Crippen LogP contribution in [0.5, 0.6) is 17.2 Å². The van der Waals surface area contributed by atoms with Crippen LogP contribution in [0.15, 0.2) is 36.4 Å². The molecule has 0 aliphatic carbocycles. The highest BCUT2D eigenvalue weighted by molar-refractivity contribution is 6.01. The molecule has 6 heterocycles. The Kier molecular flexibility index (Phi) is 9.30. The number of benzene rings is 3. The topological polar surface area (TPSA) is 88.4 Å². The summed E-state index contributed by atoms with van der Waals surface area (Å²) in [7, 11) is 0. The fourth-order valence-corrected chi connectivity index (χ4v) is 8.91. The average Bonchev–Trinajstić information content (AvgIpc) is 3.48. The predicted molar refractivity (Wildman–Crippen MR) is 195 cm³/mol. The van der Waals surface area contributed by atoms with E-state index < -0.39 is 17.8 Å². The minimum atomic E-state index is -0.576. The fraction of sp³-hybridized carbons (Fsp3) is 0.476. The summed E-state index contributed by atoms with van der Waals surface area (Å²) >= 11 is 0. The van der Waals surface area contributed by atoms with Gasteiger partial charge in [0.1, 0.15) is 30.3 Å². The standard InChI is InChI=1S/C40H42N3O6.C2H6/c44-33-16-17-34(45)43(33)49-35(46)11-1-2-22-47-28-14-12-25(13-15-28)36-31-23-26-7-3-18-41-20-5-9-29(37(26)41)39(31)48-40-30-10-6-21-42-19-4-8-27(38(30)42)24-32(36)40;1-2/h12-15,23-24H,1-11,16-22H2;1-2H3/q+1;. The number of hydroxylamine groups is 2. The number of fused-ring (bicyclic) bond motifs is 4. The molecule has 0 aromatic heterocycles. The van der Waals surface area contributed by atoms with Gasteiger partial charge in [-0.05, 0) is 86.8 Å². The predicted octanol–water partition coefficient (Wildman–Crippen LogP) is 5.30. The summed E-state index contributed by atoms with van der Waals surface area (Å²) in [5.74, 6) is 1.41. The van der Waals surface area contributed by atoms with Crippen molar-refractivity contribution in [2.24, 2.45) is 0 Å². The molecule has 0 saturated carbocycles. The van der Waals surface area contributed by atoms with Crippen molar-refractivity contribution in [1.29, 1.82) is 0 Å². The van der Waals surface area contributed by atoms with Gasteiger partial charge in [0, 0.05) is 78.4 Å². The van der Waals surface area contributed by atoms with E-state index in [4.69, 9.17) is 14.3 Å². The van der Waals surface area contributed by atoms with Gasteiger partial charge in [-0.25, -0.2) is 9.37 Å². The van der Waals surface area contributed by atoms with Crippen LogP contribution in [-0.2, 0) is 44.9 Å². The lowest BCUT2D eigenvalue weighted by Crippen LogP contribution is -2.45. The fourth-order valence-electron chi connectivity index (χ4n) is 8.91. The maximum atomic E-state index is 12.1. The SMILES string of the molecule is CC.O=C(CCCCOc1ccc(C2=c3cc4c5c(c3Oc3c2cc2c6c3CCCN6CCC2)CCC[N+]=5CCC4)cc1)ON1C(=O)CCC1=O. The third-order valence-corrected chi connectivity index (χ3v) is 11.1. The molecule has 9 rings (SSSR count). The Bertz CT molecular complexity index is 2010. The molecule has 266 valence electrons. The van der Waals surface area contributed by atoms with Crippen molar-refractivity contribution in [3.8, 4) is 17.2 Å². The van der Waals surface area contributed by atoms with Gasteiger partial charge >= 0.3 is 5.97 Å². The summed E-state index contributed by atoms with van der Waals surface area (Å²) in [5.41, 5.74) is 10.8. The summed E-state index contributed by atoms with van der Waals surface area (Å²) in [6.45, 7) is 8.97. The van der Waals surface area contributed by atoms with Crippen LogP contribution < -0.4 is 29.5 Å². The van der Waals surface area contributed by atoms with Crippen molar-refractivity contribution >= 4 is 29.0 Å². The van der Waals surface area contributed by atoms with Crippen LogP contribution in [0.3, 0.4) is 0 Å². The van der Waals surface area contributed by atoms with E-state index in [0.717, 1.165) is 87.5 Å². The van der Waals surface area contributed by atoms with Crippen LogP contribution in [0.25, 0.3) is 5.57 Å². The lowest BCUT2D eigenvalue weighted by atomic mass is 9.82. The van der Waals surface area contributed by atoms with Crippen molar-refractivity contribution in [3.63, 3.8) is 0 Å². The summed E-state index contributed by atoms with van der Waals surface area (Å²) in [4.78, 5) is 43.1. The van der Waals surface area contributed by atoms with Crippen LogP contribution in [0, 0.1) is 0 Å². The maximum Gasteiger partial charge on any atom is 0.333 e. The zero-order valence-electron chi connectivity index (χ0n) is 30.0. The van der Waals surface area contributed by atoms with Crippen LogP contribution in [0.2, 0.25) is 0 Å². The molecule has 0 radical (unpaired) electrons. The molecule has 9 nitrogen and oxygen atoms in total. The molecular formula is C42H48N3O6+. The Morgan fingerprint density at radius 1 is 0.804 bits per heavy atom. The number of unbranched alkanes of at least 4 members (excludes halogenated alkanes) is 1. The van der Waals surface area contributed by atoms with Gasteiger partial charge in [-0.2, -0.15) is 0 Å². The summed E-state index contributed by atoms with van der Waals surface area (Å²) < 4.78 is 15.8. The molecule has 3 aromatic rings. The second-order valence-corrected chi connectivity index (χ2v) is 14.2. The van der Waals surface area contributed by atoms with Gasteiger partial charge in [0.25, 0.3) is 11.8 Å². The quantitative estimate of drug-likeness (QED) is 0.141. The molecule has 2 amide bonds. The van der Waals surface area contributed by atoms with E-state index in [0.29, 0.717) is 24.5 Å². The normalized spacial score (nSPS) is 18.2. The van der Waals surface area contributed by atoms with Gasteiger partial charge < -0.3 is 19.2 Å². The number of aryl methyl sites for hydroxylation is 2. The average molecular weight is 691 g/mol. The van der Waals surface area contributed by atoms with Crippen LogP contribution in [-0.4, -0.2) is 55.6 Å². The molecule has 0 N–H and O–H groups in total. The smallest absolute Gasteiger partial charge is 0.333 e. The second-order valence-electron chi connectivity index (χ2n) is 14.2. The number of rotatable bonds is 8. The Morgan fingerprint density at radius 3 is 2.29 bits per heavy atom. The molecule has 3 aromatic carbocycles. The van der Waals surface area contributed by atoms with Gasteiger partial charge in [-0.3, -0.25) is 9.59 Å². The molecule has 1 fully saturated rings. The Hall–Kier alpha value is -4.66. The van der Waals surface area contributed by atoms with E-state index >= 15 is 0 Å². The number of imide groups is 1. The first-order valence-corrected chi connectivity index (χ1v) is 19.3. The Labute approximate surface area is 299 Å². The van der Waals surface area contributed by atoms with Gasteiger partial charge in [0.15, 0.2) is 0 Å². The molecule has 0 spiro atoms. The van der Waals surface area contributed by atoms with Crippen LogP contribution in [0.1, 0.15) is 105 Å². The van der Waals surface area contributed by atoms with Gasteiger partial charge in [0.2, 0.25) is 5.36 Å². The molecular weight excluding hydrogens is 642 g/mol. The van der Waals surface area contributed by atoms with Crippen molar-refractivity contribution in [3.05, 3.63) is 80.4 Å². The van der Waals surface area contributed by atoms with E-state index in [9.17, 15) is 14.4 Å². The lowest BCUT2D eigenvalue weighted by molar-refractivity contribution is -0.197. The third-order valence-electron chi connectivity index (χ3n) is 11.1. The van der Waals surface area contributed by atoms with Gasteiger partial charge in [0.05, 0.1) is 12.2 Å². The summed E-state index contributed by atoms with van der Waals surface area (Å²) in [6.07, 6.45) is 10.5. The highest BCUT2D eigenvalue weighted by Gasteiger charge is 2.36. The highest BCUT2D eigenvalue weighted by atomic mass is 16.7. The number of hydrogen-bond donors (Lipinski definition) is 0. The van der Waals surface area contributed by atoms with Crippen molar-refractivity contribution < 1.29 is 28.7 Å². The van der Waals surface area contributed by atoms with Gasteiger partial charge in [-0.1, -0.05) is 26.0 Å². The number of nitrogens with zero attached hydrogens (tertiary/aromatic N) is 3. The van der Waals surface area contributed by atoms with Crippen molar-refractivity contribution in [2.75, 3.05) is 37.7 Å². The largest absolute Gasteiger partial charge is 0.494 e. The monoisotopic (exact) mass is 690 g/mol. The number of carbonyl (C=O) groups excluding carboxylic acids is 3. The first-order chi connectivity index (χ1) is 25.0. The Balaban J connectivity index is 0.00000184. The van der Waals surface area contributed by atoms with Crippen molar-refractivity contribution in [2.45, 2.75) is 97.3 Å². The summed E-state index contributed by atoms with van der Waals surface area (Å²) in [6, 6.07) is 13.3. The molecule has 51 heavy (non-hydrogen) atoms. The zero-order chi connectivity index (χ0) is 35.1. The number of amides is 2. The van der Waals surface area contributed by atoms with Gasteiger partial charge in [-0.15, -0.1) is 5.06 Å². The van der Waals surface area contributed by atoms with Crippen molar-refractivity contribution in [1.82, 2.24) is 9.64 Å². The summed E-state index contributed by atoms with van der Waals surface area (Å²) in [5, 5.41) is 3.26. The molecule has 6 aliphatic heterocycles. The van der Waals surface area contributed by atoms with E-state index in [1.807, 2.05) is 26.0 Å². The zero-order valence-corrected chi connectivity index (χ0v) is 30.0.